The molecule has 0 amide bonds. The quantitative estimate of drug-likeness (QED) is 0.604. The summed E-state index contributed by atoms with van der Waals surface area (Å²) in [7, 11) is 1.59. The number of rotatable bonds is 7. The van der Waals surface area contributed by atoms with Gasteiger partial charge in [-0.25, -0.2) is 4.79 Å². The predicted molar refractivity (Wildman–Crippen MR) is 95.5 cm³/mol. The van der Waals surface area contributed by atoms with E-state index in [0.29, 0.717) is 12.2 Å². The third-order valence-corrected chi connectivity index (χ3v) is 3.58. The van der Waals surface area contributed by atoms with Crippen LogP contribution in [0, 0.1) is 6.92 Å². The average Bonchev–Trinajstić information content (AvgIpc) is 2.58. The molecule has 1 N–H and O–H groups in total. The summed E-state index contributed by atoms with van der Waals surface area (Å²) < 4.78 is 10.8. The number of hydrogen-bond acceptors (Lipinski definition) is 3. The van der Waals surface area contributed by atoms with Crippen LogP contribution in [0.5, 0.6) is 11.5 Å². The molecule has 0 saturated heterocycles. The van der Waals surface area contributed by atoms with Crippen LogP contribution >= 0.6 is 0 Å². The SMILES string of the molecule is CCCOc1cccc(/C=C(\C(=O)O)c2ccc(OC)c(C)c2)c1. The molecule has 0 heterocycles. The third kappa shape index (κ3) is 4.38. The lowest BCUT2D eigenvalue weighted by atomic mass is 10.0. The fourth-order valence-electron chi connectivity index (χ4n) is 2.40. The standard InChI is InChI=1S/C20H22O4/c1-4-10-24-17-7-5-6-15(12-17)13-18(20(21)22)16-8-9-19(23-3)14(2)11-16/h5-9,11-13H,4,10H2,1-3H3,(H,21,22)/b18-13-. The van der Waals surface area contributed by atoms with E-state index in [1.54, 1.807) is 25.3 Å². The van der Waals surface area contributed by atoms with Gasteiger partial charge in [-0.2, -0.15) is 0 Å². The minimum Gasteiger partial charge on any atom is -0.496 e. The molecular weight excluding hydrogens is 304 g/mol. The molecule has 2 aromatic rings. The van der Waals surface area contributed by atoms with Crippen LogP contribution in [0.1, 0.15) is 30.0 Å². The lowest BCUT2D eigenvalue weighted by molar-refractivity contribution is -0.130. The van der Waals surface area contributed by atoms with E-state index in [4.69, 9.17) is 9.47 Å². The molecule has 0 unspecified atom stereocenters. The van der Waals surface area contributed by atoms with Crippen molar-refractivity contribution in [3.63, 3.8) is 0 Å². The Morgan fingerprint density at radius 2 is 2.00 bits per heavy atom. The molecule has 0 spiro atoms. The molecule has 0 bridgehead atoms. The molecule has 0 aliphatic rings. The van der Waals surface area contributed by atoms with Gasteiger partial charge in [0, 0.05) is 0 Å². The van der Waals surface area contributed by atoms with E-state index < -0.39 is 5.97 Å². The number of ether oxygens (including phenoxy) is 2. The summed E-state index contributed by atoms with van der Waals surface area (Å²) in [6.45, 7) is 4.57. The Bertz CT molecular complexity index is 747. The summed E-state index contributed by atoms with van der Waals surface area (Å²) in [5.74, 6) is 0.499. The predicted octanol–water partition coefficient (Wildman–Crippen LogP) is 4.42. The van der Waals surface area contributed by atoms with Gasteiger partial charge >= 0.3 is 5.97 Å². The second-order valence-electron chi connectivity index (χ2n) is 5.47. The van der Waals surface area contributed by atoms with Gasteiger partial charge in [0.25, 0.3) is 0 Å². The van der Waals surface area contributed by atoms with Crippen LogP contribution in [0.3, 0.4) is 0 Å². The molecule has 2 rings (SSSR count). The topological polar surface area (TPSA) is 55.8 Å². The van der Waals surface area contributed by atoms with Crippen LogP contribution < -0.4 is 9.47 Å². The van der Waals surface area contributed by atoms with Crippen molar-refractivity contribution in [2.24, 2.45) is 0 Å². The van der Waals surface area contributed by atoms with Gasteiger partial charge in [-0.05, 0) is 60.4 Å². The highest BCUT2D eigenvalue weighted by atomic mass is 16.5. The second-order valence-corrected chi connectivity index (χ2v) is 5.47. The lowest BCUT2D eigenvalue weighted by Crippen LogP contribution is -2.01. The zero-order valence-corrected chi connectivity index (χ0v) is 14.2. The highest BCUT2D eigenvalue weighted by Crippen LogP contribution is 2.26. The molecule has 4 heteroatoms. The second kappa shape index (κ2) is 8.20. The number of hydrogen-bond donors (Lipinski definition) is 1. The molecule has 126 valence electrons. The summed E-state index contributed by atoms with van der Waals surface area (Å²) >= 11 is 0. The Morgan fingerprint density at radius 1 is 1.21 bits per heavy atom. The Balaban J connectivity index is 2.38. The number of carboxylic acid groups (broad SMARTS) is 1. The first-order chi connectivity index (χ1) is 11.5. The molecule has 0 aliphatic heterocycles. The molecule has 24 heavy (non-hydrogen) atoms. The zero-order valence-electron chi connectivity index (χ0n) is 14.2. The first-order valence-corrected chi connectivity index (χ1v) is 7.88. The van der Waals surface area contributed by atoms with Crippen LogP contribution in [0.4, 0.5) is 0 Å². The molecular formula is C20H22O4. The van der Waals surface area contributed by atoms with E-state index in [9.17, 15) is 9.90 Å². The number of benzene rings is 2. The van der Waals surface area contributed by atoms with Gasteiger partial charge in [0.2, 0.25) is 0 Å². The molecule has 0 aromatic heterocycles. The molecule has 0 atom stereocenters. The number of carbonyl (C=O) groups is 1. The number of aryl methyl sites for hydroxylation is 1. The average molecular weight is 326 g/mol. The fourth-order valence-corrected chi connectivity index (χ4v) is 2.40. The van der Waals surface area contributed by atoms with Gasteiger partial charge in [0.15, 0.2) is 0 Å². The van der Waals surface area contributed by atoms with Crippen LogP contribution in [0.15, 0.2) is 42.5 Å². The van der Waals surface area contributed by atoms with Crippen molar-refractivity contribution in [1.82, 2.24) is 0 Å². The van der Waals surface area contributed by atoms with E-state index >= 15 is 0 Å². The van der Waals surface area contributed by atoms with Crippen molar-refractivity contribution < 1.29 is 19.4 Å². The normalized spacial score (nSPS) is 11.2. The highest BCUT2D eigenvalue weighted by molar-refractivity contribution is 6.20. The number of carboxylic acids is 1. The largest absolute Gasteiger partial charge is 0.496 e. The molecule has 0 saturated carbocycles. The van der Waals surface area contributed by atoms with Crippen molar-refractivity contribution in [3.8, 4) is 11.5 Å². The first kappa shape index (κ1) is 17.6. The monoisotopic (exact) mass is 326 g/mol. The van der Waals surface area contributed by atoms with Crippen LogP contribution in [0.25, 0.3) is 11.6 Å². The van der Waals surface area contributed by atoms with E-state index in [1.165, 1.54) is 0 Å². The van der Waals surface area contributed by atoms with Crippen molar-refractivity contribution in [3.05, 3.63) is 59.2 Å². The van der Waals surface area contributed by atoms with Gasteiger partial charge in [-0.15, -0.1) is 0 Å². The smallest absolute Gasteiger partial charge is 0.336 e. The van der Waals surface area contributed by atoms with E-state index in [0.717, 1.165) is 29.0 Å². The van der Waals surface area contributed by atoms with Gasteiger partial charge in [0.05, 0.1) is 19.3 Å². The van der Waals surface area contributed by atoms with Crippen LogP contribution in [-0.2, 0) is 4.79 Å². The minimum absolute atomic E-state index is 0.230. The maximum absolute atomic E-state index is 11.7. The molecule has 0 aliphatic carbocycles. The van der Waals surface area contributed by atoms with Gasteiger partial charge < -0.3 is 14.6 Å². The maximum atomic E-state index is 11.7. The Morgan fingerprint density at radius 3 is 2.62 bits per heavy atom. The number of methoxy groups -OCH3 is 1. The first-order valence-electron chi connectivity index (χ1n) is 7.88. The third-order valence-electron chi connectivity index (χ3n) is 3.58. The minimum atomic E-state index is -0.973. The summed E-state index contributed by atoms with van der Waals surface area (Å²) in [6, 6.07) is 12.8. The summed E-state index contributed by atoms with van der Waals surface area (Å²) in [4.78, 5) is 11.7. The summed E-state index contributed by atoms with van der Waals surface area (Å²) in [5.41, 5.74) is 2.55. The van der Waals surface area contributed by atoms with Crippen molar-refractivity contribution in [2.45, 2.75) is 20.3 Å². The van der Waals surface area contributed by atoms with Crippen molar-refractivity contribution in [1.29, 1.82) is 0 Å². The maximum Gasteiger partial charge on any atom is 0.336 e. The van der Waals surface area contributed by atoms with E-state index in [1.807, 2.05) is 44.2 Å². The van der Waals surface area contributed by atoms with Crippen LogP contribution in [0.2, 0.25) is 0 Å². The van der Waals surface area contributed by atoms with Crippen molar-refractivity contribution >= 4 is 17.6 Å². The van der Waals surface area contributed by atoms with E-state index in [2.05, 4.69) is 0 Å². The zero-order chi connectivity index (χ0) is 17.5. The highest BCUT2D eigenvalue weighted by Gasteiger charge is 2.12. The van der Waals surface area contributed by atoms with E-state index in [-0.39, 0.29) is 5.57 Å². The Kier molecular flexibility index (Phi) is 6.01. The molecule has 4 nitrogen and oxygen atoms in total. The van der Waals surface area contributed by atoms with Gasteiger partial charge in [-0.1, -0.05) is 25.1 Å². The molecule has 0 fully saturated rings. The molecule has 0 radical (unpaired) electrons. The summed E-state index contributed by atoms with van der Waals surface area (Å²) in [5, 5.41) is 9.59. The van der Waals surface area contributed by atoms with Gasteiger partial charge in [0.1, 0.15) is 11.5 Å². The Hall–Kier alpha value is -2.75. The van der Waals surface area contributed by atoms with Crippen LogP contribution in [-0.4, -0.2) is 24.8 Å². The summed E-state index contributed by atoms with van der Waals surface area (Å²) in [6.07, 6.45) is 2.58. The number of aliphatic carboxylic acids is 1. The fraction of sp³-hybridized carbons (Fsp3) is 0.250. The molecule has 2 aromatic carbocycles. The van der Waals surface area contributed by atoms with Gasteiger partial charge in [-0.3, -0.25) is 0 Å². The van der Waals surface area contributed by atoms with Crippen molar-refractivity contribution in [2.75, 3.05) is 13.7 Å². The Labute approximate surface area is 142 Å². The lowest BCUT2D eigenvalue weighted by Gasteiger charge is -2.09.